The van der Waals surface area contributed by atoms with Crippen LogP contribution in [-0.4, -0.2) is 18.1 Å². The Kier molecular flexibility index (Phi) is 4.95. The van der Waals surface area contributed by atoms with Crippen molar-refractivity contribution >= 4 is 39.0 Å². The van der Waals surface area contributed by atoms with Crippen LogP contribution in [0.1, 0.15) is 0 Å². The molecule has 0 radical (unpaired) electrons. The Morgan fingerprint density at radius 2 is 2.00 bits per heavy atom. The highest BCUT2D eigenvalue weighted by molar-refractivity contribution is 9.10. The standard InChI is InChI=1S/C14H12BrN3O4/c1-22-13-8-11(18(20)21)5-6-12(13)17-14(19)16-10-4-2-3-9(15)7-10/h2-8H,1H3,(H2,16,17,19). The summed E-state index contributed by atoms with van der Waals surface area (Å²) in [5.41, 5.74) is 0.822. The molecule has 0 aliphatic carbocycles. The fourth-order valence-corrected chi connectivity index (χ4v) is 2.15. The number of amides is 2. The molecule has 2 N–H and O–H groups in total. The second-order valence-electron chi connectivity index (χ2n) is 4.23. The lowest BCUT2D eigenvalue weighted by molar-refractivity contribution is -0.384. The molecular formula is C14H12BrN3O4. The fraction of sp³-hybridized carbons (Fsp3) is 0.0714. The Bertz CT molecular complexity index is 721. The van der Waals surface area contributed by atoms with E-state index in [1.54, 1.807) is 18.2 Å². The van der Waals surface area contributed by atoms with E-state index in [1.165, 1.54) is 25.3 Å². The number of rotatable bonds is 4. The first-order valence-corrected chi connectivity index (χ1v) is 6.95. The molecule has 0 heterocycles. The number of hydrogen-bond acceptors (Lipinski definition) is 4. The van der Waals surface area contributed by atoms with Gasteiger partial charge in [-0.2, -0.15) is 0 Å². The van der Waals surface area contributed by atoms with E-state index in [2.05, 4.69) is 26.6 Å². The number of nitrogens with one attached hydrogen (secondary N) is 2. The third-order valence-electron chi connectivity index (χ3n) is 2.73. The SMILES string of the molecule is COc1cc([N+](=O)[O-])ccc1NC(=O)Nc1cccc(Br)c1. The van der Waals surface area contributed by atoms with E-state index in [1.807, 2.05) is 6.07 Å². The molecule has 8 heteroatoms. The highest BCUT2D eigenvalue weighted by Gasteiger charge is 2.13. The summed E-state index contributed by atoms with van der Waals surface area (Å²) in [6, 6.07) is 10.6. The molecule has 0 saturated heterocycles. The lowest BCUT2D eigenvalue weighted by atomic mass is 10.2. The van der Waals surface area contributed by atoms with Crippen LogP contribution < -0.4 is 15.4 Å². The topological polar surface area (TPSA) is 93.5 Å². The molecule has 22 heavy (non-hydrogen) atoms. The first-order valence-electron chi connectivity index (χ1n) is 6.15. The highest BCUT2D eigenvalue weighted by Crippen LogP contribution is 2.29. The number of benzene rings is 2. The molecule has 0 bridgehead atoms. The summed E-state index contributed by atoms with van der Waals surface area (Å²) in [5.74, 6) is 0.207. The van der Waals surface area contributed by atoms with E-state index in [0.29, 0.717) is 11.4 Å². The Balaban J connectivity index is 2.12. The van der Waals surface area contributed by atoms with E-state index in [4.69, 9.17) is 4.74 Å². The molecule has 0 aromatic heterocycles. The number of nitro groups is 1. The number of carbonyl (C=O) groups excluding carboxylic acids is 1. The van der Waals surface area contributed by atoms with Gasteiger partial charge >= 0.3 is 6.03 Å². The molecule has 0 spiro atoms. The van der Waals surface area contributed by atoms with Crippen molar-refractivity contribution in [3.63, 3.8) is 0 Å². The van der Waals surface area contributed by atoms with Gasteiger partial charge in [0.15, 0.2) is 0 Å². The summed E-state index contributed by atoms with van der Waals surface area (Å²) in [7, 11) is 1.37. The minimum atomic E-state index is -0.534. The highest BCUT2D eigenvalue weighted by atomic mass is 79.9. The van der Waals surface area contributed by atoms with Crippen LogP contribution in [0.4, 0.5) is 21.9 Å². The summed E-state index contributed by atoms with van der Waals surface area (Å²) < 4.78 is 5.88. The Morgan fingerprint density at radius 3 is 2.64 bits per heavy atom. The molecule has 0 aliphatic rings. The van der Waals surface area contributed by atoms with Crippen molar-refractivity contribution in [2.24, 2.45) is 0 Å². The molecule has 0 fully saturated rings. The molecule has 0 atom stereocenters. The maximum atomic E-state index is 12.0. The van der Waals surface area contributed by atoms with Crippen LogP contribution in [0.5, 0.6) is 5.75 Å². The van der Waals surface area contributed by atoms with E-state index < -0.39 is 11.0 Å². The number of nitro benzene ring substituents is 1. The molecular weight excluding hydrogens is 354 g/mol. The van der Waals surface area contributed by atoms with Crippen LogP contribution in [0.15, 0.2) is 46.9 Å². The van der Waals surface area contributed by atoms with Crippen LogP contribution in [0.2, 0.25) is 0 Å². The van der Waals surface area contributed by atoms with Gasteiger partial charge in [-0.25, -0.2) is 4.79 Å². The normalized spacial score (nSPS) is 9.91. The zero-order chi connectivity index (χ0) is 16.1. The molecule has 7 nitrogen and oxygen atoms in total. The molecule has 2 rings (SSSR count). The van der Waals surface area contributed by atoms with Gasteiger partial charge in [-0.05, 0) is 24.3 Å². The minimum Gasteiger partial charge on any atom is -0.494 e. The Labute approximate surface area is 134 Å². The Morgan fingerprint density at radius 1 is 1.23 bits per heavy atom. The molecule has 114 valence electrons. The van der Waals surface area contributed by atoms with Crippen LogP contribution in [0.3, 0.4) is 0 Å². The first-order chi connectivity index (χ1) is 10.5. The van der Waals surface area contributed by atoms with Gasteiger partial charge in [0.05, 0.1) is 23.8 Å². The van der Waals surface area contributed by atoms with Crippen molar-refractivity contribution in [1.29, 1.82) is 0 Å². The largest absolute Gasteiger partial charge is 0.494 e. The van der Waals surface area contributed by atoms with Crippen LogP contribution in [0, 0.1) is 10.1 Å². The number of urea groups is 1. The lowest BCUT2D eigenvalue weighted by Crippen LogP contribution is -2.19. The number of hydrogen-bond donors (Lipinski definition) is 2. The van der Waals surface area contributed by atoms with E-state index >= 15 is 0 Å². The summed E-state index contributed by atoms with van der Waals surface area (Å²) in [6.45, 7) is 0. The van der Waals surface area contributed by atoms with Crippen LogP contribution in [0.25, 0.3) is 0 Å². The van der Waals surface area contributed by atoms with Gasteiger partial charge in [0.25, 0.3) is 5.69 Å². The number of nitrogens with zero attached hydrogens (tertiary/aromatic N) is 1. The van der Waals surface area contributed by atoms with Gasteiger partial charge in [-0.1, -0.05) is 22.0 Å². The third-order valence-corrected chi connectivity index (χ3v) is 3.22. The molecule has 0 aliphatic heterocycles. The van der Waals surface area contributed by atoms with Crippen molar-refractivity contribution < 1.29 is 14.5 Å². The van der Waals surface area contributed by atoms with Gasteiger partial charge in [0.1, 0.15) is 5.75 Å². The number of carbonyl (C=O) groups is 1. The van der Waals surface area contributed by atoms with Gasteiger partial charge in [0.2, 0.25) is 0 Å². The zero-order valence-electron chi connectivity index (χ0n) is 11.5. The number of halogens is 1. The molecule has 0 saturated carbocycles. The first kappa shape index (κ1) is 15.8. The average molecular weight is 366 g/mol. The van der Waals surface area contributed by atoms with Crippen molar-refractivity contribution in [3.8, 4) is 5.75 Å². The van der Waals surface area contributed by atoms with Crippen molar-refractivity contribution in [2.75, 3.05) is 17.7 Å². The Hall–Kier alpha value is -2.61. The molecule has 2 aromatic carbocycles. The number of methoxy groups -OCH3 is 1. The van der Waals surface area contributed by atoms with Gasteiger partial charge < -0.3 is 15.4 Å². The maximum Gasteiger partial charge on any atom is 0.323 e. The zero-order valence-corrected chi connectivity index (χ0v) is 13.1. The number of non-ortho nitro benzene ring substituents is 1. The smallest absolute Gasteiger partial charge is 0.323 e. The predicted octanol–water partition coefficient (Wildman–Crippen LogP) is 4.01. The second-order valence-corrected chi connectivity index (χ2v) is 5.15. The summed E-state index contributed by atoms with van der Waals surface area (Å²) in [6.07, 6.45) is 0. The lowest BCUT2D eigenvalue weighted by Gasteiger charge is -2.11. The van der Waals surface area contributed by atoms with Gasteiger partial charge in [0, 0.05) is 16.2 Å². The van der Waals surface area contributed by atoms with E-state index in [9.17, 15) is 14.9 Å². The third kappa shape index (κ3) is 3.95. The monoisotopic (exact) mass is 365 g/mol. The molecule has 0 unspecified atom stereocenters. The van der Waals surface area contributed by atoms with Crippen molar-refractivity contribution in [1.82, 2.24) is 0 Å². The quantitative estimate of drug-likeness (QED) is 0.632. The fourth-order valence-electron chi connectivity index (χ4n) is 1.75. The number of ether oxygens (including phenoxy) is 1. The van der Waals surface area contributed by atoms with Crippen molar-refractivity contribution in [2.45, 2.75) is 0 Å². The summed E-state index contributed by atoms with van der Waals surface area (Å²) >= 11 is 3.31. The second kappa shape index (κ2) is 6.90. The minimum absolute atomic E-state index is 0.116. The predicted molar refractivity (Wildman–Crippen MR) is 86.4 cm³/mol. The molecule has 2 amide bonds. The van der Waals surface area contributed by atoms with Crippen LogP contribution in [-0.2, 0) is 0 Å². The van der Waals surface area contributed by atoms with Gasteiger partial charge in [-0.3, -0.25) is 10.1 Å². The van der Waals surface area contributed by atoms with Crippen molar-refractivity contribution in [3.05, 3.63) is 57.1 Å². The number of anilines is 2. The maximum absolute atomic E-state index is 12.0. The molecule has 2 aromatic rings. The van der Waals surface area contributed by atoms with E-state index in [-0.39, 0.29) is 11.4 Å². The van der Waals surface area contributed by atoms with Gasteiger partial charge in [-0.15, -0.1) is 0 Å². The van der Waals surface area contributed by atoms with E-state index in [0.717, 1.165) is 4.47 Å². The summed E-state index contributed by atoms with van der Waals surface area (Å²) in [5, 5.41) is 16.0. The van der Waals surface area contributed by atoms with Crippen LogP contribution >= 0.6 is 15.9 Å². The summed E-state index contributed by atoms with van der Waals surface area (Å²) in [4.78, 5) is 22.1. The average Bonchev–Trinajstić information content (AvgIpc) is 2.47.